The Balaban J connectivity index is 2.06. The van der Waals surface area contributed by atoms with E-state index in [2.05, 4.69) is 42.6 Å². The second-order valence-electron chi connectivity index (χ2n) is 4.77. The van der Waals surface area contributed by atoms with Gasteiger partial charge in [0.1, 0.15) is 5.75 Å². The molecule has 0 radical (unpaired) electrons. The summed E-state index contributed by atoms with van der Waals surface area (Å²) in [4.78, 5) is 0. The van der Waals surface area contributed by atoms with Crippen molar-refractivity contribution in [2.45, 2.75) is 12.3 Å². The topological polar surface area (TPSA) is 9.23 Å². The van der Waals surface area contributed by atoms with Crippen molar-refractivity contribution in [1.82, 2.24) is 0 Å². The van der Waals surface area contributed by atoms with Gasteiger partial charge in [0.25, 0.3) is 0 Å². The maximum absolute atomic E-state index is 6.72. The molecule has 3 rings (SSSR count). The second kappa shape index (κ2) is 5.47. The fraction of sp³-hybridized carbons (Fsp3) is 0.176. The lowest BCUT2D eigenvalue weighted by atomic mass is 9.99. The van der Waals surface area contributed by atoms with Crippen LogP contribution < -0.4 is 4.74 Å². The minimum atomic E-state index is -0.128. The first-order valence-electron chi connectivity index (χ1n) is 6.45. The van der Waals surface area contributed by atoms with E-state index in [4.69, 9.17) is 16.3 Å². The minimum absolute atomic E-state index is 0.128. The Kier molecular flexibility index (Phi) is 3.68. The van der Waals surface area contributed by atoms with E-state index in [9.17, 15) is 0 Å². The molecule has 1 atom stereocenters. The average molecular weight is 303 g/mol. The number of halogens is 1. The number of ether oxygens (including phenoxy) is 1. The van der Waals surface area contributed by atoms with Gasteiger partial charge in [-0.15, -0.1) is 22.9 Å². The van der Waals surface area contributed by atoms with Crippen LogP contribution in [-0.2, 0) is 0 Å². The molecule has 1 nitrogen and oxygen atoms in total. The molecule has 0 N–H and O–H groups in total. The molecule has 0 aliphatic rings. The van der Waals surface area contributed by atoms with Crippen LogP contribution in [0.2, 0.25) is 0 Å². The molecule has 0 amide bonds. The molecule has 0 saturated carbocycles. The van der Waals surface area contributed by atoms with E-state index in [-0.39, 0.29) is 5.38 Å². The van der Waals surface area contributed by atoms with E-state index in [0.717, 1.165) is 16.9 Å². The zero-order valence-corrected chi connectivity index (χ0v) is 13.0. The van der Waals surface area contributed by atoms with Gasteiger partial charge in [-0.25, -0.2) is 0 Å². The number of thiophene rings is 1. The van der Waals surface area contributed by atoms with Crippen molar-refractivity contribution < 1.29 is 4.74 Å². The van der Waals surface area contributed by atoms with Crippen LogP contribution in [0.25, 0.3) is 10.1 Å². The van der Waals surface area contributed by atoms with Gasteiger partial charge in [0, 0.05) is 4.70 Å². The molecule has 0 aliphatic carbocycles. The lowest BCUT2D eigenvalue weighted by molar-refractivity contribution is 0.414. The number of alkyl halides is 1. The Morgan fingerprint density at radius 1 is 1.10 bits per heavy atom. The van der Waals surface area contributed by atoms with Crippen molar-refractivity contribution in [2.24, 2.45) is 0 Å². The van der Waals surface area contributed by atoms with Crippen LogP contribution >= 0.6 is 22.9 Å². The number of rotatable bonds is 3. The summed E-state index contributed by atoms with van der Waals surface area (Å²) in [5.74, 6) is 0.866. The number of hydrogen-bond donors (Lipinski definition) is 0. The van der Waals surface area contributed by atoms with Crippen molar-refractivity contribution in [3.8, 4) is 5.75 Å². The maximum Gasteiger partial charge on any atom is 0.119 e. The van der Waals surface area contributed by atoms with Crippen LogP contribution in [0.4, 0.5) is 0 Å². The summed E-state index contributed by atoms with van der Waals surface area (Å²) in [5, 5.41) is 3.27. The predicted octanol–water partition coefficient (Wildman–Crippen LogP) is 5.55. The van der Waals surface area contributed by atoms with E-state index >= 15 is 0 Å². The lowest BCUT2D eigenvalue weighted by Crippen LogP contribution is -1.96. The molecular formula is C17H15ClOS. The van der Waals surface area contributed by atoms with E-state index in [1.165, 1.54) is 15.6 Å². The highest BCUT2D eigenvalue weighted by Crippen LogP contribution is 2.39. The van der Waals surface area contributed by atoms with Gasteiger partial charge in [0.2, 0.25) is 0 Å². The molecule has 1 unspecified atom stereocenters. The molecular weight excluding hydrogens is 288 g/mol. The van der Waals surface area contributed by atoms with Crippen LogP contribution in [-0.4, -0.2) is 7.11 Å². The zero-order valence-electron chi connectivity index (χ0n) is 11.4. The third kappa shape index (κ3) is 2.30. The van der Waals surface area contributed by atoms with Gasteiger partial charge in [-0.1, -0.05) is 24.3 Å². The third-order valence-corrected chi connectivity index (χ3v) is 4.99. The van der Waals surface area contributed by atoms with Gasteiger partial charge in [0.15, 0.2) is 0 Å². The summed E-state index contributed by atoms with van der Waals surface area (Å²) in [6.07, 6.45) is 0. The van der Waals surface area contributed by atoms with E-state index in [1.54, 1.807) is 18.4 Å². The standard InChI is InChI=1S/C17H15ClOS/c1-11-9-12(19-2)7-8-13(11)17(18)15-10-20-16-6-4-3-5-14(15)16/h3-10,17H,1-2H3. The van der Waals surface area contributed by atoms with Gasteiger partial charge in [0.05, 0.1) is 12.5 Å². The number of benzene rings is 2. The first kappa shape index (κ1) is 13.5. The Bertz CT molecular complexity index is 748. The molecule has 2 aromatic carbocycles. The quantitative estimate of drug-likeness (QED) is 0.577. The number of hydrogen-bond acceptors (Lipinski definition) is 2. The van der Waals surface area contributed by atoms with Gasteiger partial charge in [-0.2, -0.15) is 0 Å². The Hall–Kier alpha value is -1.51. The Morgan fingerprint density at radius 3 is 2.65 bits per heavy atom. The maximum atomic E-state index is 6.72. The van der Waals surface area contributed by atoms with Crippen molar-refractivity contribution in [1.29, 1.82) is 0 Å². The molecule has 0 saturated heterocycles. The average Bonchev–Trinajstić information content (AvgIpc) is 2.90. The first-order chi connectivity index (χ1) is 9.70. The van der Waals surface area contributed by atoms with E-state index in [0.29, 0.717) is 0 Å². The van der Waals surface area contributed by atoms with Gasteiger partial charge in [-0.3, -0.25) is 0 Å². The summed E-state index contributed by atoms with van der Waals surface area (Å²) < 4.78 is 6.53. The van der Waals surface area contributed by atoms with Crippen LogP contribution in [0.5, 0.6) is 5.75 Å². The van der Waals surface area contributed by atoms with E-state index < -0.39 is 0 Å². The molecule has 0 fully saturated rings. The Morgan fingerprint density at radius 2 is 1.90 bits per heavy atom. The van der Waals surface area contributed by atoms with Crippen LogP contribution in [0.3, 0.4) is 0 Å². The summed E-state index contributed by atoms with van der Waals surface area (Å²) in [6.45, 7) is 2.07. The van der Waals surface area contributed by atoms with Crippen LogP contribution in [0.1, 0.15) is 22.1 Å². The predicted molar refractivity (Wildman–Crippen MR) is 87.3 cm³/mol. The van der Waals surface area contributed by atoms with Gasteiger partial charge < -0.3 is 4.74 Å². The molecule has 20 heavy (non-hydrogen) atoms. The largest absolute Gasteiger partial charge is 0.497 e. The van der Waals surface area contributed by atoms with Crippen molar-refractivity contribution >= 4 is 33.0 Å². The normalized spacial score (nSPS) is 12.6. The van der Waals surface area contributed by atoms with Crippen molar-refractivity contribution in [2.75, 3.05) is 7.11 Å². The van der Waals surface area contributed by atoms with Crippen LogP contribution in [0, 0.1) is 6.92 Å². The smallest absolute Gasteiger partial charge is 0.119 e. The fourth-order valence-corrected chi connectivity index (χ4v) is 3.91. The minimum Gasteiger partial charge on any atom is -0.497 e. The van der Waals surface area contributed by atoms with E-state index in [1.807, 2.05) is 12.1 Å². The highest BCUT2D eigenvalue weighted by Gasteiger charge is 2.17. The van der Waals surface area contributed by atoms with Gasteiger partial charge in [-0.05, 0) is 52.6 Å². The molecule has 3 aromatic rings. The number of fused-ring (bicyclic) bond motifs is 1. The molecule has 1 heterocycles. The fourth-order valence-electron chi connectivity index (χ4n) is 2.42. The highest BCUT2D eigenvalue weighted by atomic mass is 35.5. The summed E-state index contributed by atoms with van der Waals surface area (Å²) in [6, 6.07) is 14.4. The molecule has 0 aliphatic heterocycles. The first-order valence-corrected chi connectivity index (χ1v) is 7.77. The summed E-state index contributed by atoms with van der Waals surface area (Å²) >= 11 is 8.46. The monoisotopic (exact) mass is 302 g/mol. The van der Waals surface area contributed by atoms with Crippen molar-refractivity contribution in [3.05, 3.63) is 64.5 Å². The Labute approximate surface area is 127 Å². The zero-order chi connectivity index (χ0) is 14.1. The summed E-state index contributed by atoms with van der Waals surface area (Å²) in [7, 11) is 1.68. The van der Waals surface area contributed by atoms with Gasteiger partial charge >= 0.3 is 0 Å². The van der Waals surface area contributed by atoms with Crippen molar-refractivity contribution in [3.63, 3.8) is 0 Å². The third-order valence-electron chi connectivity index (χ3n) is 3.53. The van der Waals surface area contributed by atoms with Crippen LogP contribution in [0.15, 0.2) is 47.8 Å². The lowest BCUT2D eigenvalue weighted by Gasteiger charge is -2.13. The molecule has 0 bridgehead atoms. The second-order valence-corrected chi connectivity index (χ2v) is 6.12. The molecule has 0 spiro atoms. The number of aryl methyl sites for hydroxylation is 1. The molecule has 102 valence electrons. The molecule has 3 heteroatoms. The SMILES string of the molecule is COc1ccc(C(Cl)c2csc3ccccc23)c(C)c1. The summed E-state index contributed by atoms with van der Waals surface area (Å²) in [5.41, 5.74) is 3.47. The molecule has 1 aromatic heterocycles. The highest BCUT2D eigenvalue weighted by molar-refractivity contribution is 7.17. The number of methoxy groups -OCH3 is 1.